The molecule has 1 aliphatic carbocycles. The summed E-state index contributed by atoms with van der Waals surface area (Å²) in [5.74, 6) is 0. The molecule has 0 bridgehead atoms. The molecule has 5 nitrogen and oxygen atoms in total. The molecule has 5 heteroatoms. The zero-order chi connectivity index (χ0) is 15.4. The van der Waals surface area contributed by atoms with Crippen LogP contribution in [0, 0.1) is 0 Å². The van der Waals surface area contributed by atoms with Gasteiger partial charge in [-0.15, -0.1) is 0 Å². The van der Waals surface area contributed by atoms with Crippen molar-refractivity contribution in [2.75, 3.05) is 25.4 Å². The molecule has 120 valence electrons. The van der Waals surface area contributed by atoms with Crippen molar-refractivity contribution in [3.05, 3.63) is 30.6 Å². The van der Waals surface area contributed by atoms with E-state index in [0.717, 1.165) is 37.7 Å². The number of anilines is 1. The Hall–Kier alpha value is -1.59. The van der Waals surface area contributed by atoms with Crippen molar-refractivity contribution < 1.29 is 4.74 Å². The lowest BCUT2D eigenvalue weighted by molar-refractivity contribution is 0.0771. The first kappa shape index (κ1) is 15.3. The zero-order valence-electron chi connectivity index (χ0n) is 13.3. The van der Waals surface area contributed by atoms with Crippen LogP contribution in [0.15, 0.2) is 30.6 Å². The first-order valence-electron chi connectivity index (χ1n) is 8.27. The molecule has 0 saturated carbocycles. The van der Waals surface area contributed by atoms with E-state index in [0.29, 0.717) is 5.69 Å². The van der Waals surface area contributed by atoms with E-state index in [2.05, 4.69) is 35.2 Å². The maximum atomic E-state index is 5.95. The predicted octanol–water partition coefficient (Wildman–Crippen LogP) is 2.53. The van der Waals surface area contributed by atoms with Crippen molar-refractivity contribution in [3.63, 3.8) is 0 Å². The Morgan fingerprint density at radius 2 is 2.36 bits per heavy atom. The number of ether oxygens (including phenoxy) is 1. The molecular formula is C17H26N4O. The smallest absolute Gasteiger partial charge is 0.0794 e. The lowest BCUT2D eigenvalue weighted by Gasteiger charge is -2.22. The number of likely N-dealkylation sites (tertiary alicyclic amines) is 1. The van der Waals surface area contributed by atoms with Gasteiger partial charge in [-0.2, -0.15) is 5.10 Å². The van der Waals surface area contributed by atoms with Gasteiger partial charge in [-0.05, 0) is 45.2 Å². The van der Waals surface area contributed by atoms with Gasteiger partial charge in [0.15, 0.2) is 0 Å². The van der Waals surface area contributed by atoms with Gasteiger partial charge >= 0.3 is 0 Å². The normalized spacial score (nSPS) is 25.6. The average molecular weight is 302 g/mol. The fraction of sp³-hybridized carbons (Fsp3) is 0.588. The number of nitrogens with two attached hydrogens (primary N) is 1. The molecule has 22 heavy (non-hydrogen) atoms. The van der Waals surface area contributed by atoms with Gasteiger partial charge in [-0.1, -0.05) is 12.2 Å². The minimum absolute atomic E-state index is 0.188. The summed E-state index contributed by atoms with van der Waals surface area (Å²) < 4.78 is 7.76. The molecule has 1 saturated heterocycles. The van der Waals surface area contributed by atoms with Crippen LogP contribution in [0.2, 0.25) is 0 Å². The SMILES string of the molecule is C[C@@H]1CCCN1CCCOC1C=CC(n2cc(N)cn2)=CC1. The summed E-state index contributed by atoms with van der Waals surface area (Å²) in [7, 11) is 0. The number of nitrogens with zero attached hydrogens (tertiary/aromatic N) is 3. The molecule has 2 aliphatic rings. The summed E-state index contributed by atoms with van der Waals surface area (Å²) in [5.41, 5.74) is 7.43. The largest absolute Gasteiger partial charge is 0.396 e. The topological polar surface area (TPSA) is 56.3 Å². The van der Waals surface area contributed by atoms with E-state index in [4.69, 9.17) is 10.5 Å². The summed E-state index contributed by atoms with van der Waals surface area (Å²) in [4.78, 5) is 2.57. The van der Waals surface area contributed by atoms with Crippen molar-refractivity contribution in [1.29, 1.82) is 0 Å². The van der Waals surface area contributed by atoms with Gasteiger partial charge in [0.05, 0.1) is 29.9 Å². The van der Waals surface area contributed by atoms with Crippen LogP contribution in [0.5, 0.6) is 0 Å². The first-order valence-corrected chi connectivity index (χ1v) is 8.27. The van der Waals surface area contributed by atoms with Crippen molar-refractivity contribution in [2.45, 2.75) is 44.8 Å². The van der Waals surface area contributed by atoms with Crippen LogP contribution in [-0.2, 0) is 4.74 Å². The highest BCUT2D eigenvalue weighted by molar-refractivity contribution is 5.59. The number of nitrogen functional groups attached to an aromatic ring is 1. The van der Waals surface area contributed by atoms with Gasteiger partial charge in [0.1, 0.15) is 0 Å². The molecule has 2 atom stereocenters. The highest BCUT2D eigenvalue weighted by atomic mass is 16.5. The van der Waals surface area contributed by atoms with Crippen LogP contribution in [0.25, 0.3) is 5.70 Å². The number of allylic oxidation sites excluding steroid dienone is 2. The van der Waals surface area contributed by atoms with E-state index in [-0.39, 0.29) is 6.10 Å². The second kappa shape index (κ2) is 7.11. The number of aromatic nitrogens is 2. The molecule has 0 spiro atoms. The Bertz CT molecular complexity index is 549. The van der Waals surface area contributed by atoms with Crippen LogP contribution < -0.4 is 5.73 Å². The van der Waals surface area contributed by atoms with Crippen LogP contribution in [0.4, 0.5) is 5.69 Å². The van der Waals surface area contributed by atoms with Gasteiger partial charge in [0, 0.05) is 19.2 Å². The van der Waals surface area contributed by atoms with E-state index in [9.17, 15) is 0 Å². The average Bonchev–Trinajstić information content (AvgIpc) is 3.13. The fourth-order valence-electron chi connectivity index (χ4n) is 3.19. The summed E-state index contributed by atoms with van der Waals surface area (Å²) >= 11 is 0. The fourth-order valence-corrected chi connectivity index (χ4v) is 3.19. The van der Waals surface area contributed by atoms with E-state index in [1.165, 1.54) is 19.4 Å². The Labute approximate surface area is 132 Å². The molecule has 1 aromatic rings. The number of hydrogen-bond acceptors (Lipinski definition) is 4. The van der Waals surface area contributed by atoms with Crippen molar-refractivity contribution in [2.24, 2.45) is 0 Å². The Balaban J connectivity index is 1.37. The maximum Gasteiger partial charge on any atom is 0.0794 e. The van der Waals surface area contributed by atoms with Crippen molar-refractivity contribution in [1.82, 2.24) is 14.7 Å². The van der Waals surface area contributed by atoms with E-state index < -0.39 is 0 Å². The minimum Gasteiger partial charge on any atom is -0.396 e. The third-order valence-corrected chi connectivity index (χ3v) is 4.52. The Kier molecular flexibility index (Phi) is 4.95. The lowest BCUT2D eigenvalue weighted by atomic mass is 10.1. The van der Waals surface area contributed by atoms with E-state index in [1.54, 1.807) is 10.9 Å². The summed E-state index contributed by atoms with van der Waals surface area (Å²) in [6, 6.07) is 0.751. The third-order valence-electron chi connectivity index (χ3n) is 4.52. The van der Waals surface area contributed by atoms with Crippen molar-refractivity contribution >= 4 is 11.4 Å². The van der Waals surface area contributed by atoms with Crippen molar-refractivity contribution in [3.8, 4) is 0 Å². The molecule has 1 unspecified atom stereocenters. The molecule has 2 N–H and O–H groups in total. The maximum absolute atomic E-state index is 5.95. The molecule has 3 rings (SSSR count). The number of hydrogen-bond donors (Lipinski definition) is 1. The summed E-state index contributed by atoms with van der Waals surface area (Å²) in [5, 5.41) is 4.22. The predicted molar refractivity (Wildman–Crippen MR) is 89.3 cm³/mol. The molecular weight excluding hydrogens is 276 g/mol. The van der Waals surface area contributed by atoms with Crippen LogP contribution in [0.1, 0.15) is 32.6 Å². The van der Waals surface area contributed by atoms with Crippen LogP contribution in [-0.4, -0.2) is 46.5 Å². The first-order chi connectivity index (χ1) is 10.7. The second-order valence-electron chi connectivity index (χ2n) is 6.23. The standard InChI is InChI=1S/C17H26N4O/c1-14-4-2-9-20(14)10-3-11-22-17-7-5-16(6-8-17)21-13-15(18)12-19-21/h5-7,12-14,17H,2-4,8-11,18H2,1H3/t14-,17?/m1/s1. The van der Waals surface area contributed by atoms with E-state index >= 15 is 0 Å². The van der Waals surface area contributed by atoms with Gasteiger partial charge in [-0.25, -0.2) is 4.68 Å². The third kappa shape index (κ3) is 3.78. The molecule has 2 heterocycles. The Morgan fingerprint density at radius 1 is 1.45 bits per heavy atom. The molecule has 0 amide bonds. The van der Waals surface area contributed by atoms with Crippen LogP contribution in [0.3, 0.4) is 0 Å². The minimum atomic E-state index is 0.188. The molecule has 0 radical (unpaired) electrons. The molecule has 0 aromatic carbocycles. The quantitative estimate of drug-likeness (QED) is 0.820. The number of rotatable bonds is 6. The highest BCUT2D eigenvalue weighted by Crippen LogP contribution is 2.19. The van der Waals surface area contributed by atoms with Gasteiger partial charge < -0.3 is 15.4 Å². The van der Waals surface area contributed by atoms with E-state index in [1.807, 2.05) is 6.20 Å². The monoisotopic (exact) mass is 302 g/mol. The van der Waals surface area contributed by atoms with Gasteiger partial charge in [0.2, 0.25) is 0 Å². The van der Waals surface area contributed by atoms with Gasteiger partial charge in [0.25, 0.3) is 0 Å². The summed E-state index contributed by atoms with van der Waals surface area (Å²) in [6.45, 7) is 5.57. The molecule has 1 fully saturated rings. The Morgan fingerprint density at radius 3 is 3.00 bits per heavy atom. The zero-order valence-corrected chi connectivity index (χ0v) is 13.3. The lowest BCUT2D eigenvalue weighted by Crippen LogP contribution is -2.28. The summed E-state index contributed by atoms with van der Waals surface area (Å²) in [6.07, 6.45) is 14.7. The molecule has 1 aromatic heterocycles. The van der Waals surface area contributed by atoms with Gasteiger partial charge in [-0.3, -0.25) is 0 Å². The van der Waals surface area contributed by atoms with Crippen LogP contribution >= 0.6 is 0 Å². The highest BCUT2D eigenvalue weighted by Gasteiger charge is 2.19. The molecule has 1 aliphatic heterocycles. The second-order valence-corrected chi connectivity index (χ2v) is 6.23.